The second-order valence-corrected chi connectivity index (χ2v) is 8.63. The molecule has 2 atom stereocenters. The topological polar surface area (TPSA) is 54.8 Å². The van der Waals surface area contributed by atoms with Gasteiger partial charge in [-0.1, -0.05) is 6.07 Å². The van der Waals surface area contributed by atoms with Gasteiger partial charge in [-0.25, -0.2) is 0 Å². The number of nitrogens with one attached hydrogen (secondary N) is 1. The van der Waals surface area contributed by atoms with Crippen molar-refractivity contribution in [3.8, 4) is 0 Å². The van der Waals surface area contributed by atoms with Crippen molar-refractivity contribution >= 4 is 17.3 Å². The Labute approximate surface area is 190 Å². The van der Waals surface area contributed by atoms with Gasteiger partial charge in [0.25, 0.3) is 0 Å². The molecule has 0 spiro atoms. The van der Waals surface area contributed by atoms with E-state index in [1.807, 2.05) is 18.3 Å². The number of thiocarbonyl (C=S) groups is 1. The van der Waals surface area contributed by atoms with Crippen molar-refractivity contribution in [2.75, 3.05) is 53.1 Å². The minimum Gasteiger partial charge on any atom is -0.383 e. The van der Waals surface area contributed by atoms with Gasteiger partial charge >= 0.3 is 0 Å². The molecule has 31 heavy (non-hydrogen) atoms. The average molecular weight is 444 g/mol. The normalized spacial score (nSPS) is 22.2. The molecule has 2 aromatic heterocycles. The summed E-state index contributed by atoms with van der Waals surface area (Å²) < 4.78 is 13.2. The third-order valence-corrected chi connectivity index (χ3v) is 6.76. The van der Waals surface area contributed by atoms with Crippen LogP contribution in [0.25, 0.3) is 0 Å². The van der Waals surface area contributed by atoms with Crippen LogP contribution >= 0.6 is 12.2 Å². The van der Waals surface area contributed by atoms with E-state index in [0.717, 1.165) is 56.7 Å². The third-order valence-electron chi connectivity index (χ3n) is 6.41. The highest BCUT2D eigenvalue weighted by Crippen LogP contribution is 2.40. The quantitative estimate of drug-likeness (QED) is 0.629. The molecule has 1 N–H and O–H groups in total. The number of morpholine rings is 1. The number of ether oxygens (including phenoxy) is 2. The van der Waals surface area contributed by atoms with Gasteiger partial charge in [0.1, 0.15) is 0 Å². The van der Waals surface area contributed by atoms with Crippen LogP contribution in [0.15, 0.2) is 30.5 Å². The summed E-state index contributed by atoms with van der Waals surface area (Å²) >= 11 is 5.83. The fourth-order valence-electron chi connectivity index (χ4n) is 4.71. The Morgan fingerprint density at radius 3 is 2.71 bits per heavy atom. The van der Waals surface area contributed by atoms with E-state index in [0.29, 0.717) is 6.61 Å². The Morgan fingerprint density at radius 1 is 1.19 bits per heavy atom. The van der Waals surface area contributed by atoms with Gasteiger partial charge in [0, 0.05) is 57.4 Å². The summed E-state index contributed by atoms with van der Waals surface area (Å²) in [5.41, 5.74) is 4.84. The standard InChI is InChI=1S/C23H33N5O2S/c1-17-16-19(18(2)27(17)12-13-29-3)22-21(20-6-4-5-7-24-20)25-23(31)28(22)9-8-26-10-14-30-15-11-26/h4-7,16,21-22H,8-15H2,1-3H3,(H,25,31)/t21-,22-/m1/s1. The van der Waals surface area contributed by atoms with Gasteiger partial charge in [0.2, 0.25) is 0 Å². The van der Waals surface area contributed by atoms with Gasteiger partial charge < -0.3 is 24.3 Å². The number of nitrogens with zero attached hydrogens (tertiary/aromatic N) is 4. The van der Waals surface area contributed by atoms with E-state index < -0.39 is 0 Å². The van der Waals surface area contributed by atoms with E-state index in [1.54, 1.807) is 7.11 Å². The molecule has 0 radical (unpaired) electrons. The predicted molar refractivity (Wildman–Crippen MR) is 125 cm³/mol. The highest BCUT2D eigenvalue weighted by Gasteiger charge is 2.41. The third kappa shape index (κ3) is 4.77. The maximum Gasteiger partial charge on any atom is 0.170 e. The largest absolute Gasteiger partial charge is 0.383 e. The summed E-state index contributed by atoms with van der Waals surface area (Å²) in [5.74, 6) is 0. The van der Waals surface area contributed by atoms with Crippen molar-refractivity contribution in [1.82, 2.24) is 24.7 Å². The Balaban J connectivity index is 1.65. The van der Waals surface area contributed by atoms with Gasteiger partial charge in [-0.05, 0) is 49.8 Å². The Bertz CT molecular complexity index is 882. The fourth-order valence-corrected chi connectivity index (χ4v) is 5.04. The summed E-state index contributed by atoms with van der Waals surface area (Å²) in [6.07, 6.45) is 1.86. The van der Waals surface area contributed by atoms with Gasteiger partial charge in [-0.15, -0.1) is 0 Å². The van der Waals surface area contributed by atoms with Crippen molar-refractivity contribution in [1.29, 1.82) is 0 Å². The first kappa shape index (κ1) is 22.2. The first-order valence-corrected chi connectivity index (χ1v) is 11.4. The van der Waals surface area contributed by atoms with E-state index in [1.165, 1.54) is 17.0 Å². The summed E-state index contributed by atoms with van der Waals surface area (Å²) in [4.78, 5) is 9.47. The number of hydrogen-bond acceptors (Lipinski definition) is 5. The van der Waals surface area contributed by atoms with Gasteiger partial charge in [-0.3, -0.25) is 9.88 Å². The first-order chi connectivity index (χ1) is 15.1. The van der Waals surface area contributed by atoms with Crippen LogP contribution in [0.1, 0.15) is 34.7 Å². The summed E-state index contributed by atoms with van der Waals surface area (Å²) in [7, 11) is 1.75. The first-order valence-electron chi connectivity index (χ1n) is 11.0. The second kappa shape index (κ2) is 10.1. The molecule has 4 heterocycles. The fraction of sp³-hybridized carbons (Fsp3) is 0.565. The average Bonchev–Trinajstić information content (AvgIpc) is 3.27. The van der Waals surface area contributed by atoms with Crippen molar-refractivity contribution < 1.29 is 9.47 Å². The molecule has 0 aliphatic carbocycles. The summed E-state index contributed by atoms with van der Waals surface area (Å²) in [5, 5.41) is 4.37. The van der Waals surface area contributed by atoms with Crippen LogP contribution < -0.4 is 5.32 Å². The number of hydrogen-bond donors (Lipinski definition) is 1. The molecule has 2 aromatic rings. The van der Waals surface area contributed by atoms with Crippen LogP contribution in [-0.4, -0.2) is 77.6 Å². The van der Waals surface area contributed by atoms with E-state index in [-0.39, 0.29) is 12.1 Å². The molecule has 168 valence electrons. The lowest BCUT2D eigenvalue weighted by Gasteiger charge is -2.32. The van der Waals surface area contributed by atoms with Gasteiger partial charge in [-0.2, -0.15) is 0 Å². The highest BCUT2D eigenvalue weighted by atomic mass is 32.1. The van der Waals surface area contributed by atoms with Crippen molar-refractivity contribution in [3.05, 3.63) is 53.1 Å². The SMILES string of the molecule is COCCn1c(C)cc([C@@H]2[C@@H](c3ccccn3)NC(=S)N2CCN2CCOCC2)c1C. The smallest absolute Gasteiger partial charge is 0.170 e. The molecular formula is C23H33N5O2S. The maximum atomic E-state index is 5.83. The number of pyridine rings is 1. The minimum atomic E-state index is 0.0229. The van der Waals surface area contributed by atoms with Crippen molar-refractivity contribution in [2.45, 2.75) is 32.5 Å². The Morgan fingerprint density at radius 2 is 2.00 bits per heavy atom. The lowest BCUT2D eigenvalue weighted by atomic mass is 9.97. The van der Waals surface area contributed by atoms with Crippen LogP contribution in [0.3, 0.4) is 0 Å². The molecule has 0 bridgehead atoms. The zero-order valence-electron chi connectivity index (χ0n) is 18.7. The van der Waals surface area contributed by atoms with Crippen LogP contribution in [0, 0.1) is 13.8 Å². The molecule has 8 heteroatoms. The van der Waals surface area contributed by atoms with Crippen molar-refractivity contribution in [3.63, 3.8) is 0 Å². The maximum absolute atomic E-state index is 5.83. The number of rotatable bonds is 8. The summed E-state index contributed by atoms with van der Waals surface area (Å²) in [6, 6.07) is 8.52. The summed E-state index contributed by atoms with van der Waals surface area (Å²) in [6.45, 7) is 11.3. The lowest BCUT2D eigenvalue weighted by molar-refractivity contribution is 0.0350. The molecule has 2 fully saturated rings. The van der Waals surface area contributed by atoms with Gasteiger partial charge in [0.05, 0.1) is 37.6 Å². The minimum absolute atomic E-state index is 0.0229. The molecular weight excluding hydrogens is 410 g/mol. The number of methoxy groups -OCH3 is 1. The van der Waals surface area contributed by atoms with Crippen LogP contribution in [0.2, 0.25) is 0 Å². The molecule has 7 nitrogen and oxygen atoms in total. The van der Waals surface area contributed by atoms with E-state index in [9.17, 15) is 0 Å². The van der Waals surface area contributed by atoms with E-state index >= 15 is 0 Å². The Kier molecular flexibility index (Phi) is 7.22. The second-order valence-electron chi connectivity index (χ2n) is 8.24. The van der Waals surface area contributed by atoms with Crippen LogP contribution in [0.5, 0.6) is 0 Å². The molecule has 2 saturated heterocycles. The van der Waals surface area contributed by atoms with Crippen LogP contribution in [-0.2, 0) is 16.0 Å². The zero-order valence-corrected chi connectivity index (χ0v) is 19.5. The molecule has 2 aliphatic rings. The van der Waals surface area contributed by atoms with Gasteiger partial charge in [0.15, 0.2) is 5.11 Å². The highest BCUT2D eigenvalue weighted by molar-refractivity contribution is 7.80. The monoisotopic (exact) mass is 443 g/mol. The lowest BCUT2D eigenvalue weighted by Crippen LogP contribution is -2.42. The molecule has 0 aromatic carbocycles. The predicted octanol–water partition coefficient (Wildman–Crippen LogP) is 2.45. The number of aromatic nitrogens is 2. The molecule has 4 rings (SSSR count). The molecule has 2 aliphatic heterocycles. The Hall–Kier alpha value is -2.00. The molecule has 0 amide bonds. The molecule has 0 saturated carbocycles. The number of aryl methyl sites for hydroxylation is 1. The van der Waals surface area contributed by atoms with E-state index in [2.05, 4.69) is 50.6 Å². The van der Waals surface area contributed by atoms with Crippen molar-refractivity contribution in [2.24, 2.45) is 0 Å². The molecule has 0 unspecified atom stereocenters. The zero-order chi connectivity index (χ0) is 21.8. The van der Waals surface area contributed by atoms with E-state index in [4.69, 9.17) is 21.7 Å². The van der Waals surface area contributed by atoms with Crippen LogP contribution in [0.4, 0.5) is 0 Å².